The van der Waals surface area contributed by atoms with Gasteiger partial charge in [-0.15, -0.1) is 0 Å². The van der Waals surface area contributed by atoms with Crippen LogP contribution in [0.2, 0.25) is 0 Å². The molecule has 0 saturated heterocycles. The maximum Gasteiger partial charge on any atom is 0.251 e. The van der Waals surface area contributed by atoms with Crippen LogP contribution in [-0.4, -0.2) is 50.4 Å². The molecule has 0 fully saturated rings. The maximum atomic E-state index is 12.3. The number of methoxy groups -OCH3 is 1. The lowest BCUT2D eigenvalue weighted by Crippen LogP contribution is -2.28. The van der Waals surface area contributed by atoms with Crippen LogP contribution in [0.4, 0.5) is 0 Å². The average Bonchev–Trinajstić information content (AvgIpc) is 2.76. The van der Waals surface area contributed by atoms with E-state index in [2.05, 4.69) is 10.6 Å². The molecule has 7 nitrogen and oxygen atoms in total. The molecule has 0 aliphatic heterocycles. The fraction of sp³-hybridized carbons (Fsp3) is 0.318. The molecule has 0 radical (unpaired) electrons. The van der Waals surface area contributed by atoms with Gasteiger partial charge in [0, 0.05) is 44.7 Å². The summed E-state index contributed by atoms with van der Waals surface area (Å²) in [5, 5.41) is 5.39. The van der Waals surface area contributed by atoms with Gasteiger partial charge in [-0.3, -0.25) is 14.4 Å². The Morgan fingerprint density at radius 3 is 2.10 bits per heavy atom. The predicted molar refractivity (Wildman–Crippen MR) is 111 cm³/mol. The second kappa shape index (κ2) is 10.8. The molecular weight excluding hydrogens is 370 g/mol. The molecule has 0 atom stereocenters. The molecule has 0 aliphatic carbocycles. The minimum Gasteiger partial charge on any atom is -0.497 e. The third-order valence-electron chi connectivity index (χ3n) is 4.49. The molecule has 0 bridgehead atoms. The zero-order valence-electron chi connectivity index (χ0n) is 17.0. The van der Waals surface area contributed by atoms with Crippen molar-refractivity contribution in [1.29, 1.82) is 0 Å². The topological polar surface area (TPSA) is 87.7 Å². The van der Waals surface area contributed by atoms with Gasteiger partial charge in [0.05, 0.1) is 7.11 Å². The highest BCUT2D eigenvalue weighted by Gasteiger charge is 2.11. The summed E-state index contributed by atoms with van der Waals surface area (Å²) in [6, 6.07) is 14.0. The van der Waals surface area contributed by atoms with Gasteiger partial charge in [-0.25, -0.2) is 0 Å². The maximum absolute atomic E-state index is 12.3. The van der Waals surface area contributed by atoms with Gasteiger partial charge in [0.25, 0.3) is 11.8 Å². The van der Waals surface area contributed by atoms with Crippen LogP contribution in [0.25, 0.3) is 0 Å². The van der Waals surface area contributed by atoms with Gasteiger partial charge in [0.2, 0.25) is 5.91 Å². The van der Waals surface area contributed by atoms with Crippen LogP contribution in [0.1, 0.15) is 39.1 Å². The Balaban J connectivity index is 1.72. The number of nitrogens with one attached hydrogen (secondary N) is 2. The molecule has 7 heteroatoms. The molecule has 29 heavy (non-hydrogen) atoms. The van der Waals surface area contributed by atoms with E-state index in [1.165, 1.54) is 0 Å². The molecule has 2 aromatic carbocycles. The average molecular weight is 397 g/mol. The first-order chi connectivity index (χ1) is 13.9. The van der Waals surface area contributed by atoms with E-state index in [1.54, 1.807) is 62.5 Å². The van der Waals surface area contributed by atoms with Gasteiger partial charge in [-0.1, -0.05) is 12.1 Å². The van der Waals surface area contributed by atoms with E-state index in [9.17, 15) is 14.4 Å². The smallest absolute Gasteiger partial charge is 0.251 e. The third kappa shape index (κ3) is 6.64. The Morgan fingerprint density at radius 2 is 1.52 bits per heavy atom. The standard InChI is InChI=1S/C22H27N3O4/c1-23-21(27)17-8-6-16(7-9-17)15-25(2)20(26)5-4-14-24-22(28)18-10-12-19(29-3)13-11-18/h6-13H,4-5,14-15H2,1-3H3,(H,23,27)(H,24,28). The second-order valence-corrected chi connectivity index (χ2v) is 6.61. The molecule has 3 amide bonds. The molecule has 0 spiro atoms. The molecule has 0 aromatic heterocycles. The Bertz CT molecular complexity index is 832. The zero-order chi connectivity index (χ0) is 21.2. The quantitative estimate of drug-likeness (QED) is 0.635. The normalized spacial score (nSPS) is 10.2. The van der Waals surface area contributed by atoms with E-state index in [4.69, 9.17) is 4.74 Å². The van der Waals surface area contributed by atoms with Crippen molar-refractivity contribution < 1.29 is 19.1 Å². The van der Waals surface area contributed by atoms with E-state index in [1.807, 2.05) is 12.1 Å². The van der Waals surface area contributed by atoms with Crippen LogP contribution in [0.5, 0.6) is 5.75 Å². The molecule has 2 aromatic rings. The molecular formula is C22H27N3O4. The van der Waals surface area contributed by atoms with E-state index in [0.29, 0.717) is 42.8 Å². The van der Waals surface area contributed by atoms with Crippen molar-refractivity contribution in [2.24, 2.45) is 0 Å². The number of rotatable bonds is 9. The number of carbonyl (C=O) groups is 3. The van der Waals surface area contributed by atoms with Crippen LogP contribution < -0.4 is 15.4 Å². The van der Waals surface area contributed by atoms with Crippen LogP contribution in [0.15, 0.2) is 48.5 Å². The van der Waals surface area contributed by atoms with E-state index < -0.39 is 0 Å². The number of nitrogens with zero attached hydrogens (tertiary/aromatic N) is 1. The molecule has 2 N–H and O–H groups in total. The van der Waals surface area contributed by atoms with Gasteiger partial charge in [-0.05, 0) is 48.4 Å². The summed E-state index contributed by atoms with van der Waals surface area (Å²) in [6.07, 6.45) is 0.899. The summed E-state index contributed by atoms with van der Waals surface area (Å²) in [5.74, 6) is 0.375. The molecule has 2 rings (SSSR count). The fourth-order valence-electron chi connectivity index (χ4n) is 2.74. The lowest BCUT2D eigenvalue weighted by atomic mass is 10.1. The van der Waals surface area contributed by atoms with Crippen LogP contribution in [0, 0.1) is 0 Å². The van der Waals surface area contributed by atoms with Gasteiger partial charge in [0.15, 0.2) is 0 Å². The van der Waals surface area contributed by atoms with E-state index in [-0.39, 0.29) is 17.7 Å². The van der Waals surface area contributed by atoms with Gasteiger partial charge in [0.1, 0.15) is 5.75 Å². The number of carbonyl (C=O) groups excluding carboxylic acids is 3. The van der Waals surface area contributed by atoms with Crippen molar-refractivity contribution in [3.05, 3.63) is 65.2 Å². The van der Waals surface area contributed by atoms with Crippen LogP contribution in [-0.2, 0) is 11.3 Å². The summed E-state index contributed by atoms with van der Waals surface area (Å²) < 4.78 is 5.07. The summed E-state index contributed by atoms with van der Waals surface area (Å²) >= 11 is 0. The SMILES string of the molecule is CNC(=O)c1ccc(CN(C)C(=O)CCCNC(=O)c2ccc(OC)cc2)cc1. The highest BCUT2D eigenvalue weighted by atomic mass is 16.5. The molecule has 0 saturated carbocycles. The van der Waals surface area contributed by atoms with E-state index in [0.717, 1.165) is 5.56 Å². The Morgan fingerprint density at radius 1 is 0.931 bits per heavy atom. The summed E-state index contributed by atoms with van der Waals surface area (Å²) in [6.45, 7) is 0.885. The Kier molecular flexibility index (Phi) is 8.21. The first-order valence-electron chi connectivity index (χ1n) is 9.42. The highest BCUT2D eigenvalue weighted by Crippen LogP contribution is 2.11. The zero-order valence-corrected chi connectivity index (χ0v) is 17.0. The Hall–Kier alpha value is -3.35. The van der Waals surface area contributed by atoms with Gasteiger partial charge >= 0.3 is 0 Å². The van der Waals surface area contributed by atoms with E-state index >= 15 is 0 Å². The fourth-order valence-corrected chi connectivity index (χ4v) is 2.74. The Labute approximate surface area is 171 Å². The minimum atomic E-state index is -0.176. The minimum absolute atomic E-state index is 0.000857. The van der Waals surface area contributed by atoms with Crippen molar-refractivity contribution >= 4 is 17.7 Å². The van der Waals surface area contributed by atoms with Crippen molar-refractivity contribution in [2.45, 2.75) is 19.4 Å². The number of hydrogen-bond donors (Lipinski definition) is 2. The number of ether oxygens (including phenoxy) is 1. The van der Waals surface area contributed by atoms with Crippen molar-refractivity contribution in [2.75, 3.05) is 27.7 Å². The monoisotopic (exact) mass is 397 g/mol. The summed E-state index contributed by atoms with van der Waals surface area (Å²) in [5.41, 5.74) is 2.08. The molecule has 0 aliphatic rings. The molecule has 154 valence electrons. The van der Waals surface area contributed by atoms with Crippen molar-refractivity contribution in [1.82, 2.24) is 15.5 Å². The van der Waals surface area contributed by atoms with Gasteiger partial charge < -0.3 is 20.3 Å². The lowest BCUT2D eigenvalue weighted by molar-refractivity contribution is -0.130. The first-order valence-corrected chi connectivity index (χ1v) is 9.42. The van der Waals surface area contributed by atoms with Crippen molar-refractivity contribution in [3.8, 4) is 5.75 Å². The van der Waals surface area contributed by atoms with Crippen LogP contribution >= 0.6 is 0 Å². The molecule has 0 unspecified atom stereocenters. The summed E-state index contributed by atoms with van der Waals surface area (Å²) in [7, 11) is 4.90. The number of benzene rings is 2. The third-order valence-corrected chi connectivity index (χ3v) is 4.49. The second-order valence-electron chi connectivity index (χ2n) is 6.61. The lowest BCUT2D eigenvalue weighted by Gasteiger charge is -2.17. The number of amides is 3. The highest BCUT2D eigenvalue weighted by molar-refractivity contribution is 5.94. The molecule has 0 heterocycles. The largest absolute Gasteiger partial charge is 0.497 e. The number of hydrogen-bond acceptors (Lipinski definition) is 4. The first kappa shape index (κ1) is 21.9. The van der Waals surface area contributed by atoms with Crippen LogP contribution in [0.3, 0.4) is 0 Å². The van der Waals surface area contributed by atoms with Gasteiger partial charge in [-0.2, -0.15) is 0 Å². The predicted octanol–water partition coefficient (Wildman–Crippen LogP) is 2.22. The summed E-state index contributed by atoms with van der Waals surface area (Å²) in [4.78, 5) is 37.6. The van der Waals surface area contributed by atoms with Crippen molar-refractivity contribution in [3.63, 3.8) is 0 Å².